The minimum Gasteiger partial charge on any atom is -0.0991 e. The van der Waals surface area contributed by atoms with Gasteiger partial charge >= 0.3 is 0 Å². The van der Waals surface area contributed by atoms with E-state index in [1.54, 1.807) is 0 Å². The Morgan fingerprint density at radius 1 is 1.00 bits per heavy atom. The molecule has 0 aromatic carbocycles. The van der Waals surface area contributed by atoms with Crippen LogP contribution in [0.4, 0.5) is 0 Å². The van der Waals surface area contributed by atoms with Crippen molar-refractivity contribution in [1.29, 1.82) is 0 Å². The van der Waals surface area contributed by atoms with E-state index in [1.807, 2.05) is 39.8 Å². The summed E-state index contributed by atoms with van der Waals surface area (Å²) < 4.78 is 0. The first-order valence-corrected chi connectivity index (χ1v) is 10.5. The lowest BCUT2D eigenvalue weighted by Crippen LogP contribution is -2.35. The Bertz CT molecular complexity index is 449. The van der Waals surface area contributed by atoms with Crippen LogP contribution in [0.2, 0.25) is 0 Å². The summed E-state index contributed by atoms with van der Waals surface area (Å²) in [7, 11) is 0. The van der Waals surface area contributed by atoms with Gasteiger partial charge in [0.15, 0.2) is 0 Å². The van der Waals surface area contributed by atoms with Crippen molar-refractivity contribution in [2.45, 2.75) is 89.0 Å². The van der Waals surface area contributed by atoms with E-state index in [9.17, 15) is 0 Å². The maximum Gasteiger partial charge on any atom is 0.0186 e. The molecule has 0 radical (unpaired) electrons. The highest BCUT2D eigenvalue weighted by molar-refractivity contribution is 5.38. The Hall–Kier alpha value is -1.30. The number of hydrogen-bond donors (Lipinski definition) is 0. The van der Waals surface area contributed by atoms with E-state index in [4.69, 9.17) is 0 Å². The van der Waals surface area contributed by atoms with Gasteiger partial charge in [0.2, 0.25) is 0 Å². The Morgan fingerprint density at radius 3 is 1.81 bits per heavy atom. The van der Waals surface area contributed by atoms with Crippen molar-refractivity contribution in [2.75, 3.05) is 0 Å². The Morgan fingerprint density at radius 2 is 1.50 bits per heavy atom. The van der Waals surface area contributed by atoms with Gasteiger partial charge in [0, 0.05) is 5.41 Å². The maximum absolute atomic E-state index is 4.45. The zero-order valence-corrected chi connectivity index (χ0v) is 19.9. The molecule has 26 heavy (non-hydrogen) atoms. The molecule has 1 atom stereocenters. The van der Waals surface area contributed by atoms with E-state index >= 15 is 0 Å². The van der Waals surface area contributed by atoms with Crippen LogP contribution >= 0.6 is 0 Å². The molecule has 0 aromatic rings. The van der Waals surface area contributed by atoms with Crippen molar-refractivity contribution in [3.8, 4) is 0 Å². The van der Waals surface area contributed by atoms with Crippen LogP contribution in [0.25, 0.3) is 0 Å². The standard InChI is InChI=1S/C22H36.2C2H6/c1-10-13-15-19(6)22(18(4)5,17-21(7,8)9)20(12-3)16-14-11-2;2*1-2/h10-11,13-16,18H,1,6,12,17H2,2-5,7-9H3;2*1-2H3/b14-11-,15-13-,20-16+;;. The van der Waals surface area contributed by atoms with E-state index in [-0.39, 0.29) is 10.8 Å². The van der Waals surface area contributed by atoms with Crippen LogP contribution in [-0.2, 0) is 0 Å². The lowest BCUT2D eigenvalue weighted by Gasteiger charge is -2.45. The van der Waals surface area contributed by atoms with E-state index in [1.165, 1.54) is 11.1 Å². The van der Waals surface area contributed by atoms with Crippen molar-refractivity contribution < 1.29 is 0 Å². The zero-order chi connectivity index (χ0) is 21.4. The van der Waals surface area contributed by atoms with Gasteiger partial charge in [-0.25, -0.2) is 0 Å². The summed E-state index contributed by atoms with van der Waals surface area (Å²) in [5.74, 6) is 0.491. The first-order chi connectivity index (χ1) is 12.2. The van der Waals surface area contributed by atoms with Crippen molar-refractivity contribution in [3.05, 3.63) is 60.8 Å². The number of allylic oxidation sites excluding steroid dienone is 8. The smallest absolute Gasteiger partial charge is 0.0186 e. The molecule has 1 unspecified atom stereocenters. The Balaban J connectivity index is -0.00000123. The predicted octanol–water partition coefficient (Wildman–Crippen LogP) is 9.33. The van der Waals surface area contributed by atoms with Gasteiger partial charge in [-0.2, -0.15) is 0 Å². The molecule has 0 heteroatoms. The molecule has 0 bridgehead atoms. The van der Waals surface area contributed by atoms with Gasteiger partial charge in [-0.1, -0.05) is 124 Å². The molecule has 0 saturated carbocycles. The third-order valence-electron chi connectivity index (χ3n) is 4.25. The van der Waals surface area contributed by atoms with Crippen LogP contribution < -0.4 is 0 Å². The van der Waals surface area contributed by atoms with Gasteiger partial charge < -0.3 is 0 Å². The summed E-state index contributed by atoms with van der Waals surface area (Å²) in [4.78, 5) is 0. The number of hydrogen-bond acceptors (Lipinski definition) is 0. The van der Waals surface area contributed by atoms with Gasteiger partial charge in [-0.3, -0.25) is 0 Å². The highest BCUT2D eigenvalue weighted by Gasteiger charge is 2.41. The van der Waals surface area contributed by atoms with Gasteiger partial charge in [0.1, 0.15) is 0 Å². The van der Waals surface area contributed by atoms with Crippen LogP contribution in [0.5, 0.6) is 0 Å². The monoisotopic (exact) mass is 360 g/mol. The van der Waals surface area contributed by atoms with Crippen LogP contribution in [0.1, 0.15) is 89.0 Å². The molecule has 152 valence electrons. The van der Waals surface area contributed by atoms with E-state index < -0.39 is 0 Å². The third-order valence-corrected chi connectivity index (χ3v) is 4.25. The fourth-order valence-corrected chi connectivity index (χ4v) is 3.34. The molecule has 0 aliphatic carbocycles. The fourth-order valence-electron chi connectivity index (χ4n) is 3.34. The molecule has 0 aliphatic rings. The minimum absolute atomic E-state index is 0.00792. The second-order valence-electron chi connectivity index (χ2n) is 7.55. The summed E-state index contributed by atoms with van der Waals surface area (Å²) >= 11 is 0. The summed E-state index contributed by atoms with van der Waals surface area (Å²) in [6, 6.07) is 0. The van der Waals surface area contributed by atoms with Gasteiger partial charge in [-0.15, -0.1) is 0 Å². The summed E-state index contributed by atoms with van der Waals surface area (Å²) in [6.45, 7) is 32.1. The topological polar surface area (TPSA) is 0 Å². The molecule has 0 heterocycles. The van der Waals surface area contributed by atoms with Crippen molar-refractivity contribution >= 4 is 0 Å². The molecule has 0 aliphatic heterocycles. The minimum atomic E-state index is -0.00792. The third kappa shape index (κ3) is 10.00. The molecule has 0 saturated heterocycles. The molecule has 0 rings (SSSR count). The highest BCUT2D eigenvalue weighted by Crippen LogP contribution is 2.51. The lowest BCUT2D eigenvalue weighted by atomic mass is 9.59. The van der Waals surface area contributed by atoms with Crippen LogP contribution in [0.15, 0.2) is 60.8 Å². The summed E-state index contributed by atoms with van der Waals surface area (Å²) in [5, 5.41) is 0. The van der Waals surface area contributed by atoms with Crippen LogP contribution in [-0.4, -0.2) is 0 Å². The molecule has 0 amide bonds. The second kappa shape index (κ2) is 15.9. The molecule has 0 nitrogen and oxygen atoms in total. The lowest BCUT2D eigenvalue weighted by molar-refractivity contribution is 0.189. The summed E-state index contributed by atoms with van der Waals surface area (Å²) in [5.41, 5.74) is 2.88. The fraction of sp³-hybridized carbons (Fsp3) is 0.615. The first-order valence-electron chi connectivity index (χ1n) is 10.5. The normalized spacial score (nSPS) is 14.4. The number of rotatable bonds is 8. The van der Waals surface area contributed by atoms with Crippen molar-refractivity contribution in [1.82, 2.24) is 0 Å². The van der Waals surface area contributed by atoms with E-state index in [0.29, 0.717) is 5.92 Å². The molecule has 0 fully saturated rings. The highest BCUT2D eigenvalue weighted by atomic mass is 14.4. The Kier molecular flexibility index (Phi) is 18.0. The predicted molar refractivity (Wildman–Crippen MR) is 126 cm³/mol. The average molecular weight is 361 g/mol. The van der Waals surface area contributed by atoms with Crippen molar-refractivity contribution in [3.63, 3.8) is 0 Å². The Labute approximate surface area is 166 Å². The van der Waals surface area contributed by atoms with Gasteiger partial charge in [0.25, 0.3) is 0 Å². The first kappa shape index (κ1) is 29.5. The molecular weight excluding hydrogens is 312 g/mol. The molecular formula is C26H48. The van der Waals surface area contributed by atoms with Crippen molar-refractivity contribution in [2.24, 2.45) is 16.7 Å². The maximum atomic E-state index is 4.45. The van der Waals surface area contributed by atoms with Crippen LogP contribution in [0, 0.1) is 16.7 Å². The zero-order valence-electron chi connectivity index (χ0n) is 19.9. The summed E-state index contributed by atoms with van der Waals surface area (Å²) in [6.07, 6.45) is 14.6. The van der Waals surface area contributed by atoms with E-state index in [0.717, 1.165) is 12.8 Å². The SMILES string of the molecule is C=C/C=C\C(=C)C(CC(C)(C)C)(/C(=C/C=C\C)CC)C(C)C.CC.CC. The molecule has 0 N–H and O–H groups in total. The second-order valence-corrected chi connectivity index (χ2v) is 7.55. The van der Waals surface area contributed by atoms with E-state index in [2.05, 4.69) is 85.9 Å². The average Bonchev–Trinajstić information content (AvgIpc) is 2.61. The van der Waals surface area contributed by atoms with Crippen LogP contribution in [0.3, 0.4) is 0 Å². The quantitative estimate of drug-likeness (QED) is 0.378. The van der Waals surface area contributed by atoms with Gasteiger partial charge in [-0.05, 0) is 36.7 Å². The molecule has 0 spiro atoms. The largest absolute Gasteiger partial charge is 0.0991 e. The molecule has 0 aromatic heterocycles. The van der Waals surface area contributed by atoms with Gasteiger partial charge in [0.05, 0.1) is 0 Å².